The van der Waals surface area contributed by atoms with Crippen LogP contribution in [0.3, 0.4) is 0 Å². The highest BCUT2D eigenvalue weighted by Crippen LogP contribution is 2.21. The highest BCUT2D eigenvalue weighted by Gasteiger charge is 2.08. The zero-order valence-corrected chi connectivity index (χ0v) is 9.87. The lowest BCUT2D eigenvalue weighted by molar-refractivity contribution is 0.777. The van der Waals surface area contributed by atoms with Crippen molar-refractivity contribution in [3.8, 4) is 0 Å². The molecular formula is C10H13BrN4. The van der Waals surface area contributed by atoms with Crippen LogP contribution >= 0.6 is 15.9 Å². The lowest BCUT2D eigenvalue weighted by Crippen LogP contribution is -2.03. The number of aryl methyl sites for hydroxylation is 1. The maximum Gasteiger partial charge on any atom is 0.132 e. The molecule has 0 saturated carbocycles. The van der Waals surface area contributed by atoms with E-state index in [0.29, 0.717) is 6.54 Å². The summed E-state index contributed by atoms with van der Waals surface area (Å²) in [4.78, 5) is 4.44. The molecule has 0 fully saturated rings. The summed E-state index contributed by atoms with van der Waals surface area (Å²) in [5.41, 5.74) is 12.9. The van der Waals surface area contributed by atoms with Crippen molar-refractivity contribution >= 4 is 27.1 Å². The molecule has 5 heteroatoms. The van der Waals surface area contributed by atoms with E-state index in [1.807, 2.05) is 22.7 Å². The summed E-state index contributed by atoms with van der Waals surface area (Å²) >= 11 is 3.43. The Labute approximate surface area is 96.4 Å². The van der Waals surface area contributed by atoms with Gasteiger partial charge in [0.05, 0.1) is 5.52 Å². The van der Waals surface area contributed by atoms with Gasteiger partial charge in [0.15, 0.2) is 0 Å². The van der Waals surface area contributed by atoms with Crippen LogP contribution in [0.5, 0.6) is 0 Å². The number of nitrogens with two attached hydrogens (primary N) is 2. The Bertz CT molecular complexity index is 477. The van der Waals surface area contributed by atoms with Crippen LogP contribution in [-0.4, -0.2) is 15.9 Å². The molecule has 0 unspecified atom stereocenters. The van der Waals surface area contributed by atoms with Crippen LogP contribution in [0.2, 0.25) is 0 Å². The molecule has 0 aromatic carbocycles. The second-order valence-corrected chi connectivity index (χ2v) is 4.18. The molecule has 15 heavy (non-hydrogen) atoms. The fourth-order valence-electron chi connectivity index (χ4n) is 1.56. The molecule has 0 atom stereocenters. The zero-order chi connectivity index (χ0) is 10.8. The highest BCUT2D eigenvalue weighted by molar-refractivity contribution is 9.10. The predicted octanol–water partition coefficient (Wildman–Crippen LogP) is 1.57. The smallest absolute Gasteiger partial charge is 0.132 e. The number of rotatable bonds is 3. The Kier molecular flexibility index (Phi) is 2.93. The molecule has 2 aromatic heterocycles. The van der Waals surface area contributed by atoms with E-state index >= 15 is 0 Å². The highest BCUT2D eigenvalue weighted by atomic mass is 79.9. The first kappa shape index (κ1) is 10.4. The van der Waals surface area contributed by atoms with Gasteiger partial charge in [-0.05, 0) is 41.0 Å². The van der Waals surface area contributed by atoms with Crippen molar-refractivity contribution in [1.29, 1.82) is 0 Å². The molecule has 0 aliphatic rings. The molecule has 0 bridgehead atoms. The van der Waals surface area contributed by atoms with Gasteiger partial charge in [0, 0.05) is 18.3 Å². The topological polar surface area (TPSA) is 69.3 Å². The van der Waals surface area contributed by atoms with Gasteiger partial charge >= 0.3 is 0 Å². The molecule has 2 aromatic rings. The average molecular weight is 269 g/mol. The Morgan fingerprint density at radius 2 is 2.27 bits per heavy atom. The molecule has 0 aliphatic heterocycles. The monoisotopic (exact) mass is 268 g/mol. The summed E-state index contributed by atoms with van der Waals surface area (Å²) in [7, 11) is 0. The Balaban J connectivity index is 2.48. The number of pyridine rings is 1. The molecule has 4 nitrogen and oxygen atoms in total. The van der Waals surface area contributed by atoms with Crippen molar-refractivity contribution in [2.45, 2.75) is 12.8 Å². The number of aromatic nitrogens is 2. The van der Waals surface area contributed by atoms with Crippen LogP contribution in [0.4, 0.5) is 5.69 Å². The number of nitrogens with zero attached hydrogens (tertiary/aromatic N) is 2. The molecule has 4 N–H and O–H groups in total. The predicted molar refractivity (Wildman–Crippen MR) is 64.7 cm³/mol. The second kappa shape index (κ2) is 4.20. The molecule has 0 amide bonds. The van der Waals surface area contributed by atoms with Crippen LogP contribution in [0.25, 0.3) is 5.52 Å². The van der Waals surface area contributed by atoms with Gasteiger partial charge in [-0.3, -0.25) is 0 Å². The molecule has 0 radical (unpaired) electrons. The van der Waals surface area contributed by atoms with Crippen molar-refractivity contribution in [3.63, 3.8) is 0 Å². The largest absolute Gasteiger partial charge is 0.399 e. The van der Waals surface area contributed by atoms with Crippen LogP contribution in [0.1, 0.15) is 12.2 Å². The first-order valence-electron chi connectivity index (χ1n) is 4.84. The van der Waals surface area contributed by atoms with Gasteiger partial charge in [-0.25, -0.2) is 4.98 Å². The normalized spacial score (nSPS) is 11.1. The van der Waals surface area contributed by atoms with Crippen molar-refractivity contribution in [2.24, 2.45) is 5.73 Å². The molecule has 80 valence electrons. The molecule has 0 spiro atoms. The third kappa shape index (κ3) is 1.98. The first-order valence-corrected chi connectivity index (χ1v) is 5.63. The number of hydrogen-bond acceptors (Lipinski definition) is 3. The van der Waals surface area contributed by atoms with Crippen LogP contribution in [-0.2, 0) is 6.42 Å². The zero-order valence-electron chi connectivity index (χ0n) is 8.28. The van der Waals surface area contributed by atoms with E-state index in [1.165, 1.54) is 0 Å². The van der Waals surface area contributed by atoms with Crippen molar-refractivity contribution < 1.29 is 0 Å². The minimum atomic E-state index is 0.682. The second-order valence-electron chi connectivity index (χ2n) is 3.43. The Morgan fingerprint density at radius 1 is 1.47 bits per heavy atom. The van der Waals surface area contributed by atoms with E-state index in [0.717, 1.165) is 34.5 Å². The SMILES string of the molecule is NCCCc1nc(Br)c2cc(N)ccn12. The quantitative estimate of drug-likeness (QED) is 0.888. The maximum atomic E-state index is 5.72. The van der Waals surface area contributed by atoms with Crippen LogP contribution < -0.4 is 11.5 Å². The van der Waals surface area contributed by atoms with E-state index in [4.69, 9.17) is 11.5 Å². The maximum absolute atomic E-state index is 5.72. The minimum Gasteiger partial charge on any atom is -0.399 e. The molecular weight excluding hydrogens is 256 g/mol. The van der Waals surface area contributed by atoms with Gasteiger partial charge in [-0.15, -0.1) is 0 Å². The lowest BCUT2D eigenvalue weighted by Gasteiger charge is -2.00. The number of nitrogen functional groups attached to an aromatic ring is 1. The van der Waals surface area contributed by atoms with E-state index < -0.39 is 0 Å². The lowest BCUT2D eigenvalue weighted by atomic mass is 10.3. The van der Waals surface area contributed by atoms with Gasteiger partial charge in [0.25, 0.3) is 0 Å². The summed E-state index contributed by atoms with van der Waals surface area (Å²) in [6.07, 6.45) is 3.76. The fraction of sp³-hybridized carbons (Fsp3) is 0.300. The van der Waals surface area contributed by atoms with Gasteiger partial charge in [-0.1, -0.05) is 0 Å². The van der Waals surface area contributed by atoms with E-state index in [-0.39, 0.29) is 0 Å². The molecule has 2 heterocycles. The first-order chi connectivity index (χ1) is 7.22. The number of anilines is 1. The molecule has 0 aliphatic carbocycles. The van der Waals surface area contributed by atoms with Gasteiger partial charge < -0.3 is 15.9 Å². The Hall–Kier alpha value is -1.07. The van der Waals surface area contributed by atoms with E-state index in [2.05, 4.69) is 20.9 Å². The number of hydrogen-bond donors (Lipinski definition) is 2. The summed E-state index contributed by atoms with van der Waals surface area (Å²) < 4.78 is 2.87. The van der Waals surface area contributed by atoms with Crippen molar-refractivity contribution in [2.75, 3.05) is 12.3 Å². The molecule has 0 saturated heterocycles. The third-order valence-corrected chi connectivity index (χ3v) is 2.88. The van der Waals surface area contributed by atoms with Crippen molar-refractivity contribution in [3.05, 3.63) is 28.8 Å². The number of imidazole rings is 1. The average Bonchev–Trinajstić information content (AvgIpc) is 2.53. The van der Waals surface area contributed by atoms with Gasteiger partial charge in [0.2, 0.25) is 0 Å². The standard InChI is InChI=1S/C10H13BrN4/c11-10-8-6-7(13)3-5-15(8)9(14-10)2-1-4-12/h3,5-6H,1-2,4,12-13H2. The summed E-state index contributed by atoms with van der Waals surface area (Å²) in [5, 5.41) is 0. The summed E-state index contributed by atoms with van der Waals surface area (Å²) in [6.45, 7) is 0.682. The van der Waals surface area contributed by atoms with Crippen molar-refractivity contribution in [1.82, 2.24) is 9.38 Å². The van der Waals surface area contributed by atoms with Crippen LogP contribution in [0.15, 0.2) is 22.9 Å². The summed E-state index contributed by atoms with van der Waals surface area (Å²) in [6, 6.07) is 3.77. The third-order valence-electron chi connectivity index (χ3n) is 2.30. The van der Waals surface area contributed by atoms with E-state index in [9.17, 15) is 0 Å². The minimum absolute atomic E-state index is 0.682. The van der Waals surface area contributed by atoms with E-state index in [1.54, 1.807) is 0 Å². The van der Waals surface area contributed by atoms with Gasteiger partial charge in [0.1, 0.15) is 10.4 Å². The number of fused-ring (bicyclic) bond motifs is 1. The van der Waals surface area contributed by atoms with Crippen LogP contribution in [0, 0.1) is 0 Å². The summed E-state index contributed by atoms with van der Waals surface area (Å²) in [5.74, 6) is 1.02. The van der Waals surface area contributed by atoms with Gasteiger partial charge in [-0.2, -0.15) is 0 Å². The number of halogens is 1. The molecule has 2 rings (SSSR count). The fourth-order valence-corrected chi connectivity index (χ4v) is 2.07. The Morgan fingerprint density at radius 3 is 3.00 bits per heavy atom.